The Balaban J connectivity index is 2.23. The Kier molecular flexibility index (Phi) is 4.13. The maximum atomic E-state index is 13.1. The summed E-state index contributed by atoms with van der Waals surface area (Å²) in [7, 11) is 0. The second-order valence-corrected chi connectivity index (χ2v) is 4.56. The fourth-order valence-corrected chi connectivity index (χ4v) is 1.89. The Bertz CT molecular complexity index is 158. The molecule has 0 aromatic carbocycles. The summed E-state index contributed by atoms with van der Waals surface area (Å²) in [6.07, 6.45) is 0.975. The first-order chi connectivity index (χ1) is 6.10. The van der Waals surface area contributed by atoms with E-state index in [-0.39, 0.29) is 12.2 Å². The SMILES string of the molecule is CCOC(CC1CC1(F)Br)OCC. The van der Waals surface area contributed by atoms with Crippen molar-refractivity contribution in [2.24, 2.45) is 5.92 Å². The van der Waals surface area contributed by atoms with E-state index in [0.29, 0.717) is 26.1 Å². The molecule has 78 valence electrons. The van der Waals surface area contributed by atoms with Crippen LogP contribution in [0.25, 0.3) is 0 Å². The van der Waals surface area contributed by atoms with E-state index < -0.39 is 4.58 Å². The number of alkyl halides is 2. The Labute approximate surface area is 86.9 Å². The van der Waals surface area contributed by atoms with Gasteiger partial charge in [-0.25, -0.2) is 4.39 Å². The Hall–Kier alpha value is 0.330. The molecular formula is C9H16BrFO2. The lowest BCUT2D eigenvalue weighted by Gasteiger charge is -2.16. The third-order valence-electron chi connectivity index (χ3n) is 2.14. The van der Waals surface area contributed by atoms with Gasteiger partial charge in [0.2, 0.25) is 0 Å². The van der Waals surface area contributed by atoms with Gasteiger partial charge in [0.05, 0.1) is 0 Å². The van der Waals surface area contributed by atoms with Crippen LogP contribution in [0.5, 0.6) is 0 Å². The minimum absolute atomic E-state index is 0.0515. The summed E-state index contributed by atoms with van der Waals surface area (Å²) < 4.78 is 22.6. The lowest BCUT2D eigenvalue weighted by atomic mass is 10.3. The summed E-state index contributed by atoms with van der Waals surface area (Å²) in [5.41, 5.74) is 0. The fraction of sp³-hybridized carbons (Fsp3) is 1.00. The summed E-state index contributed by atoms with van der Waals surface area (Å²) in [6.45, 7) is 5.05. The molecule has 2 atom stereocenters. The van der Waals surface area contributed by atoms with Crippen molar-refractivity contribution in [3.63, 3.8) is 0 Å². The molecule has 0 N–H and O–H groups in total. The minimum Gasteiger partial charge on any atom is -0.353 e. The van der Waals surface area contributed by atoms with Gasteiger partial charge < -0.3 is 9.47 Å². The fourth-order valence-electron chi connectivity index (χ4n) is 1.31. The van der Waals surface area contributed by atoms with Gasteiger partial charge in [-0.2, -0.15) is 0 Å². The lowest BCUT2D eigenvalue weighted by Crippen LogP contribution is -2.19. The number of rotatable bonds is 6. The lowest BCUT2D eigenvalue weighted by molar-refractivity contribution is -0.142. The molecule has 0 aliphatic heterocycles. The van der Waals surface area contributed by atoms with Gasteiger partial charge in [-0.15, -0.1) is 0 Å². The second kappa shape index (κ2) is 4.71. The predicted octanol–water partition coefficient (Wildman–Crippen LogP) is 2.86. The smallest absolute Gasteiger partial charge is 0.168 e. The molecule has 0 aromatic heterocycles. The maximum Gasteiger partial charge on any atom is 0.168 e. The van der Waals surface area contributed by atoms with Crippen LogP contribution >= 0.6 is 15.9 Å². The molecule has 0 amide bonds. The van der Waals surface area contributed by atoms with Crippen LogP contribution in [0.4, 0.5) is 4.39 Å². The minimum atomic E-state index is -1.15. The van der Waals surface area contributed by atoms with E-state index in [1.807, 2.05) is 13.8 Å². The second-order valence-electron chi connectivity index (χ2n) is 3.24. The molecule has 0 bridgehead atoms. The van der Waals surface area contributed by atoms with E-state index in [1.165, 1.54) is 0 Å². The topological polar surface area (TPSA) is 18.5 Å². The highest BCUT2D eigenvalue weighted by molar-refractivity contribution is 9.10. The zero-order valence-corrected chi connectivity index (χ0v) is 9.64. The molecule has 0 radical (unpaired) electrons. The van der Waals surface area contributed by atoms with Gasteiger partial charge in [0, 0.05) is 25.6 Å². The summed E-state index contributed by atoms with van der Waals surface area (Å²) in [5.74, 6) is 0.0515. The van der Waals surface area contributed by atoms with E-state index >= 15 is 0 Å². The largest absolute Gasteiger partial charge is 0.353 e. The Morgan fingerprint density at radius 2 is 1.92 bits per heavy atom. The Morgan fingerprint density at radius 3 is 2.23 bits per heavy atom. The van der Waals surface area contributed by atoms with Gasteiger partial charge >= 0.3 is 0 Å². The normalized spacial score (nSPS) is 32.5. The summed E-state index contributed by atoms with van der Waals surface area (Å²) >= 11 is 3.01. The predicted molar refractivity (Wildman–Crippen MR) is 52.5 cm³/mol. The van der Waals surface area contributed by atoms with Crippen molar-refractivity contribution < 1.29 is 13.9 Å². The quantitative estimate of drug-likeness (QED) is 0.536. The van der Waals surface area contributed by atoms with Crippen LogP contribution in [-0.4, -0.2) is 24.1 Å². The zero-order valence-electron chi connectivity index (χ0n) is 8.06. The van der Waals surface area contributed by atoms with Crippen molar-refractivity contribution in [1.82, 2.24) is 0 Å². The van der Waals surface area contributed by atoms with Crippen molar-refractivity contribution in [3.05, 3.63) is 0 Å². The third kappa shape index (κ3) is 3.52. The first-order valence-corrected chi connectivity index (χ1v) is 5.50. The number of hydrogen-bond acceptors (Lipinski definition) is 2. The van der Waals surface area contributed by atoms with Crippen LogP contribution in [-0.2, 0) is 9.47 Å². The van der Waals surface area contributed by atoms with Crippen molar-refractivity contribution in [1.29, 1.82) is 0 Å². The van der Waals surface area contributed by atoms with Gasteiger partial charge in [0.25, 0.3) is 0 Å². The van der Waals surface area contributed by atoms with Gasteiger partial charge in [-0.05, 0) is 36.2 Å². The number of halogens is 2. The first-order valence-electron chi connectivity index (χ1n) is 4.71. The molecule has 1 aliphatic carbocycles. The van der Waals surface area contributed by atoms with Gasteiger partial charge in [0.1, 0.15) is 0 Å². The van der Waals surface area contributed by atoms with Crippen molar-refractivity contribution >= 4 is 15.9 Å². The van der Waals surface area contributed by atoms with E-state index in [2.05, 4.69) is 15.9 Å². The average Bonchev–Trinajstić information content (AvgIpc) is 2.59. The highest BCUT2D eigenvalue weighted by atomic mass is 79.9. The molecule has 1 rings (SSSR count). The number of hydrogen-bond donors (Lipinski definition) is 0. The molecule has 1 saturated carbocycles. The highest BCUT2D eigenvalue weighted by Crippen LogP contribution is 2.55. The summed E-state index contributed by atoms with van der Waals surface area (Å²) in [4.78, 5) is 0. The maximum absolute atomic E-state index is 13.1. The van der Waals surface area contributed by atoms with Crippen LogP contribution in [0, 0.1) is 5.92 Å². The van der Waals surface area contributed by atoms with E-state index in [4.69, 9.17) is 9.47 Å². The molecule has 1 fully saturated rings. The molecule has 13 heavy (non-hydrogen) atoms. The van der Waals surface area contributed by atoms with Crippen LogP contribution in [0.15, 0.2) is 0 Å². The standard InChI is InChI=1S/C9H16BrFO2/c1-3-12-8(13-4-2)5-7-6-9(7,10)11/h7-8H,3-6H2,1-2H3. The summed E-state index contributed by atoms with van der Waals surface area (Å²) in [5, 5.41) is 0. The zero-order chi connectivity index (χ0) is 9.90. The van der Waals surface area contributed by atoms with Crippen LogP contribution in [0.1, 0.15) is 26.7 Å². The van der Waals surface area contributed by atoms with Crippen molar-refractivity contribution in [2.45, 2.75) is 37.6 Å². The Morgan fingerprint density at radius 1 is 1.46 bits per heavy atom. The van der Waals surface area contributed by atoms with Gasteiger partial charge in [-0.1, -0.05) is 0 Å². The molecule has 0 spiro atoms. The van der Waals surface area contributed by atoms with E-state index in [1.54, 1.807) is 0 Å². The molecule has 4 heteroatoms. The van der Waals surface area contributed by atoms with E-state index in [0.717, 1.165) is 0 Å². The van der Waals surface area contributed by atoms with Crippen molar-refractivity contribution in [2.75, 3.05) is 13.2 Å². The summed E-state index contributed by atoms with van der Waals surface area (Å²) in [6, 6.07) is 0. The highest BCUT2D eigenvalue weighted by Gasteiger charge is 2.54. The molecule has 0 heterocycles. The molecule has 2 nitrogen and oxygen atoms in total. The van der Waals surface area contributed by atoms with E-state index in [9.17, 15) is 4.39 Å². The van der Waals surface area contributed by atoms with Crippen LogP contribution < -0.4 is 0 Å². The van der Waals surface area contributed by atoms with Gasteiger partial charge in [0.15, 0.2) is 10.9 Å². The molecule has 0 saturated heterocycles. The van der Waals surface area contributed by atoms with Crippen molar-refractivity contribution in [3.8, 4) is 0 Å². The molecule has 1 aliphatic rings. The van der Waals surface area contributed by atoms with Gasteiger partial charge in [-0.3, -0.25) is 0 Å². The molecule has 0 aromatic rings. The third-order valence-corrected chi connectivity index (χ3v) is 3.11. The molecular weight excluding hydrogens is 239 g/mol. The monoisotopic (exact) mass is 254 g/mol. The average molecular weight is 255 g/mol. The molecule has 2 unspecified atom stereocenters. The first kappa shape index (κ1) is 11.4. The number of ether oxygens (including phenoxy) is 2. The van der Waals surface area contributed by atoms with Crippen LogP contribution in [0.3, 0.4) is 0 Å². The van der Waals surface area contributed by atoms with Crippen LogP contribution in [0.2, 0.25) is 0 Å².